The van der Waals surface area contributed by atoms with Crippen molar-refractivity contribution in [2.75, 3.05) is 47.4 Å². The molecule has 96 heavy (non-hydrogen) atoms. The molecular formula is C74H92Cl4F6N2O9Si. The third-order valence-corrected chi connectivity index (χ3v) is 17.1. The van der Waals surface area contributed by atoms with Crippen LogP contribution in [0.25, 0.3) is 0 Å². The zero-order chi connectivity index (χ0) is 71.2. The summed E-state index contributed by atoms with van der Waals surface area (Å²) in [4.78, 5) is 40.9. The van der Waals surface area contributed by atoms with Crippen LogP contribution in [0.5, 0.6) is 11.5 Å². The number of rotatable bonds is 33. The molecule has 0 amide bonds. The van der Waals surface area contributed by atoms with E-state index in [2.05, 4.69) is 23.9 Å². The van der Waals surface area contributed by atoms with Crippen molar-refractivity contribution in [1.29, 1.82) is 0 Å². The first-order chi connectivity index (χ1) is 44.8. The quantitative estimate of drug-likeness (QED) is 0.0170. The predicted octanol–water partition coefficient (Wildman–Crippen LogP) is 19.8. The van der Waals surface area contributed by atoms with Crippen LogP contribution < -0.4 is 9.47 Å². The second-order valence-electron chi connectivity index (χ2n) is 26.9. The van der Waals surface area contributed by atoms with Crippen molar-refractivity contribution in [3.05, 3.63) is 199 Å². The lowest BCUT2D eigenvalue weighted by Crippen LogP contribution is -2.63. The largest absolute Gasteiger partial charge is 0.484 e. The number of ketones is 1. The zero-order valence-electron chi connectivity index (χ0n) is 56.9. The fourth-order valence-corrected chi connectivity index (χ4v) is 12.5. The van der Waals surface area contributed by atoms with E-state index >= 15 is 0 Å². The summed E-state index contributed by atoms with van der Waals surface area (Å²) in [7, 11) is 2.32. The summed E-state index contributed by atoms with van der Waals surface area (Å²) < 4.78 is 117. The second kappa shape index (κ2) is 37.0. The number of nitrogens with zero attached hydrogens (tertiary/aromatic N) is 2. The molecule has 0 heterocycles. The van der Waals surface area contributed by atoms with Gasteiger partial charge in [0, 0.05) is 65.0 Å². The van der Waals surface area contributed by atoms with Gasteiger partial charge in [0.25, 0.3) is 11.6 Å². The molecule has 3 atom stereocenters. The van der Waals surface area contributed by atoms with Gasteiger partial charge < -0.3 is 37.9 Å². The van der Waals surface area contributed by atoms with Gasteiger partial charge in [-0.3, -0.25) is 14.4 Å². The molecule has 526 valence electrons. The Morgan fingerprint density at radius 3 is 1.11 bits per heavy atom. The fourth-order valence-electron chi connectivity index (χ4n) is 10.7. The highest BCUT2D eigenvalue weighted by molar-refractivity contribution is 6.69. The van der Waals surface area contributed by atoms with Crippen LogP contribution in [-0.4, -0.2) is 125 Å². The van der Waals surface area contributed by atoms with Gasteiger partial charge in [-0.2, -0.15) is 26.3 Å². The van der Waals surface area contributed by atoms with Gasteiger partial charge in [-0.1, -0.05) is 119 Å². The zero-order valence-corrected chi connectivity index (χ0v) is 60.9. The maximum atomic E-state index is 14.8. The number of Topliss-reactive ketones (excluding diaryl/α,β-unsaturated/α-hetero) is 1. The molecule has 0 aromatic heterocycles. The van der Waals surface area contributed by atoms with Crippen LogP contribution in [0.15, 0.2) is 146 Å². The Bertz CT molecular complexity index is 3240. The first-order valence-corrected chi connectivity index (χ1v) is 37.0. The second-order valence-corrected chi connectivity index (χ2v) is 33.1. The van der Waals surface area contributed by atoms with E-state index in [1.807, 2.05) is 109 Å². The molecule has 6 aromatic rings. The molecule has 0 N–H and O–H groups in total. The van der Waals surface area contributed by atoms with Gasteiger partial charge in [0.05, 0.1) is 0 Å². The number of esters is 2. The van der Waals surface area contributed by atoms with E-state index in [0.717, 1.165) is 92.4 Å². The number of methoxy groups -OCH3 is 1. The van der Waals surface area contributed by atoms with Gasteiger partial charge in [0.1, 0.15) is 22.7 Å². The Labute approximate surface area is 584 Å². The lowest BCUT2D eigenvalue weighted by atomic mass is 9.91. The van der Waals surface area contributed by atoms with Crippen molar-refractivity contribution in [2.45, 2.75) is 179 Å². The summed E-state index contributed by atoms with van der Waals surface area (Å²) in [6.07, 6.45) is -10.6. The summed E-state index contributed by atoms with van der Waals surface area (Å²) in [5.74, 6) is -5.39. The summed E-state index contributed by atoms with van der Waals surface area (Å²) in [6, 6.07) is 45.3. The number of aryl methyl sites for hydroxylation is 2. The molecule has 0 aliphatic carbocycles. The van der Waals surface area contributed by atoms with Crippen molar-refractivity contribution in [1.82, 2.24) is 9.80 Å². The smallest absolute Gasteiger partial charge is 0.453 e. The minimum Gasteiger partial charge on any atom is -0.484 e. The molecule has 3 unspecified atom stereocenters. The van der Waals surface area contributed by atoms with E-state index in [0.29, 0.717) is 20.1 Å². The third-order valence-electron chi connectivity index (χ3n) is 15.2. The summed E-state index contributed by atoms with van der Waals surface area (Å²) in [6.45, 7) is 18.5. The van der Waals surface area contributed by atoms with Crippen LogP contribution in [-0.2, 0) is 45.9 Å². The topological polar surface area (TPSA) is 113 Å². The Kier molecular flexibility index (Phi) is 31.2. The molecule has 0 fully saturated rings. The van der Waals surface area contributed by atoms with Gasteiger partial charge in [-0.05, 0) is 246 Å². The van der Waals surface area contributed by atoms with Crippen LogP contribution >= 0.6 is 46.4 Å². The van der Waals surface area contributed by atoms with Crippen LogP contribution in [0.2, 0.25) is 39.7 Å². The maximum absolute atomic E-state index is 14.8. The number of alkyl halides is 6. The first kappa shape index (κ1) is 81.0. The number of hydrogen-bond donors (Lipinski definition) is 0. The van der Waals surface area contributed by atoms with Crippen molar-refractivity contribution in [3.8, 4) is 11.5 Å². The van der Waals surface area contributed by atoms with Crippen LogP contribution in [0, 0.1) is 0 Å². The number of benzene rings is 6. The van der Waals surface area contributed by atoms with E-state index in [1.54, 1.807) is 97.6 Å². The molecule has 0 saturated carbocycles. The lowest BCUT2D eigenvalue weighted by Gasteiger charge is -2.43. The van der Waals surface area contributed by atoms with Gasteiger partial charge in [0.15, 0.2) is 20.5 Å². The van der Waals surface area contributed by atoms with Crippen molar-refractivity contribution >= 4 is 72.4 Å². The lowest BCUT2D eigenvalue weighted by molar-refractivity contribution is -0.374. The molecule has 0 bridgehead atoms. The summed E-state index contributed by atoms with van der Waals surface area (Å²) >= 11 is 24.6. The van der Waals surface area contributed by atoms with Crippen molar-refractivity contribution in [3.63, 3.8) is 0 Å². The number of ether oxygens (including phenoxy) is 5. The molecule has 0 spiro atoms. The van der Waals surface area contributed by atoms with E-state index < -0.39 is 67.6 Å². The number of hydrogen-bond acceptors (Lipinski definition) is 11. The van der Waals surface area contributed by atoms with Gasteiger partial charge in [-0.25, -0.2) is 0 Å². The van der Waals surface area contributed by atoms with Crippen molar-refractivity contribution in [2.24, 2.45) is 0 Å². The molecule has 0 aliphatic rings. The number of carbonyl (C=O) groups is 3. The standard InChI is InChI=1S/C39H52Cl2F3NO5Si.C35H40Cl2F3NO4/c1-37(2,3)49-36(46)13-9-12-35(38(47-5,39(42,43)44)50-51(6,7)8)48-33-24-14-28(15-25-33)11-10-26-45(4)27-34(29-16-20-31(40)21-17-29)30-18-22-32(41)23-19-30;1-34(2,3)45-32(42)9-5-8-31(33(43)35(38,39)40)44-29-20-10-24(11-21-29)7-6-22-41(4)23-30(25-12-16-27(36)17-13-25)26-14-18-28(37)19-15-26/h14-25,34-35H,9-13,26-27H2,1-8H3;10-21,30-31H,5-9,22-23H2,1-4H3. The highest BCUT2D eigenvalue weighted by atomic mass is 35.5. The van der Waals surface area contributed by atoms with Crippen LogP contribution in [0.4, 0.5) is 26.3 Å². The third kappa shape index (κ3) is 28.3. The molecule has 22 heteroatoms. The Balaban J connectivity index is 0.000000350. The maximum Gasteiger partial charge on any atom is 0.453 e. The Morgan fingerprint density at radius 2 is 0.812 bits per heavy atom. The average Bonchev–Trinajstić information content (AvgIpc) is 0.769. The summed E-state index contributed by atoms with van der Waals surface area (Å²) in [5, 5.41) is 2.73. The number of carbonyl (C=O) groups excluding carboxylic acids is 3. The molecular weight excluding hydrogens is 1340 g/mol. The Hall–Kier alpha value is -5.67. The van der Waals surface area contributed by atoms with Gasteiger partial charge in [0.2, 0.25) is 0 Å². The molecule has 6 rings (SSSR count). The van der Waals surface area contributed by atoms with Crippen LogP contribution in [0.1, 0.15) is 138 Å². The number of likely N-dealkylation sites (N-methyl/N-ethyl adjacent to an activating group) is 2. The van der Waals surface area contributed by atoms with Crippen LogP contribution in [0.3, 0.4) is 0 Å². The number of halogens is 10. The highest BCUT2D eigenvalue weighted by Crippen LogP contribution is 2.43. The molecule has 11 nitrogen and oxygen atoms in total. The van der Waals surface area contributed by atoms with Gasteiger partial charge in [-0.15, -0.1) is 0 Å². The Morgan fingerprint density at radius 1 is 0.479 bits per heavy atom. The minimum atomic E-state index is -5.05. The first-order valence-electron chi connectivity index (χ1n) is 32.1. The monoisotopic (exact) mass is 1430 g/mol. The predicted molar refractivity (Wildman–Crippen MR) is 374 cm³/mol. The molecule has 0 radical (unpaired) electrons. The highest BCUT2D eigenvalue weighted by Gasteiger charge is 2.64. The average molecular weight is 1440 g/mol. The molecule has 0 saturated heterocycles. The summed E-state index contributed by atoms with van der Waals surface area (Å²) in [5.41, 5.74) is 5.22. The SMILES string of the molecule is CN(CCCc1ccc(OC(CCCC(=O)OC(C)(C)C)C(=O)C(F)(F)F)cc1)CC(c1ccc(Cl)cc1)c1ccc(Cl)cc1.COC(O[Si](C)(C)C)(C(CCCC(=O)OC(C)(C)C)Oc1ccc(CCCN(C)CC(c2ccc(Cl)cc2)c2ccc(Cl)cc2)cc1)C(F)(F)F. The molecule has 6 aromatic carbocycles. The normalized spacial score (nSPS) is 13.6. The van der Waals surface area contributed by atoms with E-state index in [1.165, 1.54) is 0 Å². The molecule has 0 aliphatic heterocycles. The van der Waals surface area contributed by atoms with E-state index in [-0.39, 0.29) is 61.9 Å². The van der Waals surface area contributed by atoms with E-state index in [9.17, 15) is 40.7 Å². The van der Waals surface area contributed by atoms with E-state index in [4.69, 9.17) is 74.5 Å². The van der Waals surface area contributed by atoms with Crippen molar-refractivity contribution < 1.29 is 68.8 Å². The van der Waals surface area contributed by atoms with Gasteiger partial charge >= 0.3 is 24.3 Å². The fraction of sp³-hybridized carbons (Fsp3) is 0.473. The minimum absolute atomic E-state index is 0.0178.